The molecule has 3 aromatic heterocycles. The Morgan fingerprint density at radius 2 is 2.14 bits per heavy atom. The molecule has 0 spiro atoms. The average molecular weight is 318 g/mol. The summed E-state index contributed by atoms with van der Waals surface area (Å²) in [5, 5.41) is 9.00. The number of rotatable bonds is 6. The molecule has 0 aliphatic heterocycles. The fraction of sp³-hybridized carbons (Fsp3) is 0.333. The predicted molar refractivity (Wildman–Crippen MR) is 87.7 cm³/mol. The van der Waals surface area contributed by atoms with Gasteiger partial charge in [0.1, 0.15) is 16.9 Å². The second-order valence-electron chi connectivity index (χ2n) is 4.84. The number of nitrogens with one attached hydrogen (secondary N) is 1. The van der Waals surface area contributed by atoms with Gasteiger partial charge in [0.15, 0.2) is 0 Å². The molecule has 0 aliphatic carbocycles. The fourth-order valence-corrected chi connectivity index (χ4v) is 3.93. The zero-order valence-electron chi connectivity index (χ0n) is 12.1. The van der Waals surface area contributed by atoms with Crippen molar-refractivity contribution >= 4 is 22.7 Å². The maximum atomic E-state index is 4.53. The normalized spacial score (nSPS) is 14.2. The van der Waals surface area contributed by atoms with Crippen LogP contribution in [-0.2, 0) is 7.05 Å². The van der Waals surface area contributed by atoms with Gasteiger partial charge in [-0.15, -0.1) is 22.7 Å². The second kappa shape index (κ2) is 6.51. The van der Waals surface area contributed by atoms with Crippen molar-refractivity contribution in [1.29, 1.82) is 0 Å². The van der Waals surface area contributed by atoms with E-state index in [1.807, 2.05) is 31.0 Å². The third kappa shape index (κ3) is 3.07. The molecule has 0 fully saturated rings. The molecule has 2 unspecified atom stereocenters. The van der Waals surface area contributed by atoms with Crippen molar-refractivity contribution in [3.05, 3.63) is 57.2 Å². The molecular formula is C15H18N4S2. The highest BCUT2D eigenvalue weighted by atomic mass is 32.1. The van der Waals surface area contributed by atoms with Crippen LogP contribution in [0.1, 0.15) is 41.1 Å². The Labute approximate surface area is 132 Å². The maximum absolute atomic E-state index is 4.53. The summed E-state index contributed by atoms with van der Waals surface area (Å²) < 4.78 is 2.08. The average Bonchev–Trinajstić information content (AvgIpc) is 3.21. The van der Waals surface area contributed by atoms with Crippen LogP contribution in [0.5, 0.6) is 0 Å². The SMILES string of the molecule is CCC(NC(c1cccs1)c1nccn1C)c1nccs1. The summed E-state index contributed by atoms with van der Waals surface area (Å²) in [5.74, 6) is 1.03. The van der Waals surface area contributed by atoms with E-state index in [1.54, 1.807) is 22.7 Å². The molecule has 0 aromatic carbocycles. The van der Waals surface area contributed by atoms with Gasteiger partial charge < -0.3 is 4.57 Å². The third-order valence-corrected chi connectivity index (χ3v) is 5.30. The molecule has 21 heavy (non-hydrogen) atoms. The highest BCUT2D eigenvalue weighted by Gasteiger charge is 2.24. The van der Waals surface area contributed by atoms with E-state index in [2.05, 4.69) is 44.3 Å². The molecular weight excluding hydrogens is 300 g/mol. The summed E-state index contributed by atoms with van der Waals surface area (Å²) >= 11 is 3.45. The molecule has 2 atom stereocenters. The third-order valence-electron chi connectivity index (χ3n) is 3.47. The van der Waals surface area contributed by atoms with E-state index in [0.29, 0.717) is 0 Å². The van der Waals surface area contributed by atoms with Gasteiger partial charge in [0.05, 0.1) is 6.04 Å². The minimum atomic E-state index is 0.0962. The monoisotopic (exact) mass is 318 g/mol. The van der Waals surface area contributed by atoms with Crippen LogP contribution in [0.25, 0.3) is 0 Å². The summed E-state index contributed by atoms with van der Waals surface area (Å²) in [6.45, 7) is 2.18. The summed E-state index contributed by atoms with van der Waals surface area (Å²) in [6.07, 6.45) is 6.70. The molecule has 0 radical (unpaired) electrons. The van der Waals surface area contributed by atoms with Crippen LogP contribution in [0.4, 0.5) is 0 Å². The largest absolute Gasteiger partial charge is 0.336 e. The van der Waals surface area contributed by atoms with Crippen molar-refractivity contribution in [2.45, 2.75) is 25.4 Å². The Morgan fingerprint density at radius 3 is 2.71 bits per heavy atom. The van der Waals surface area contributed by atoms with E-state index < -0.39 is 0 Å². The maximum Gasteiger partial charge on any atom is 0.131 e. The summed E-state index contributed by atoms with van der Waals surface area (Å²) in [4.78, 5) is 10.3. The van der Waals surface area contributed by atoms with E-state index in [4.69, 9.17) is 0 Å². The van der Waals surface area contributed by atoms with Crippen molar-refractivity contribution < 1.29 is 0 Å². The molecule has 3 heterocycles. The molecule has 0 saturated heterocycles. The lowest BCUT2D eigenvalue weighted by atomic mass is 10.1. The predicted octanol–water partition coefficient (Wildman–Crippen LogP) is 3.77. The Balaban J connectivity index is 1.91. The number of thiazole rings is 1. The lowest BCUT2D eigenvalue weighted by Gasteiger charge is -2.23. The molecule has 4 nitrogen and oxygen atoms in total. The number of thiophene rings is 1. The lowest BCUT2D eigenvalue weighted by Crippen LogP contribution is -2.28. The van der Waals surface area contributed by atoms with Crippen molar-refractivity contribution in [3.63, 3.8) is 0 Å². The van der Waals surface area contributed by atoms with Crippen molar-refractivity contribution in [2.24, 2.45) is 7.05 Å². The van der Waals surface area contributed by atoms with E-state index in [-0.39, 0.29) is 12.1 Å². The van der Waals surface area contributed by atoms with Gasteiger partial charge in [-0.1, -0.05) is 13.0 Å². The first-order chi connectivity index (χ1) is 10.3. The van der Waals surface area contributed by atoms with Crippen molar-refractivity contribution in [3.8, 4) is 0 Å². The molecule has 0 bridgehead atoms. The molecule has 0 amide bonds. The summed E-state index contributed by atoms with van der Waals surface area (Å²) in [6, 6.07) is 4.58. The highest BCUT2D eigenvalue weighted by molar-refractivity contribution is 7.10. The van der Waals surface area contributed by atoms with E-state index in [0.717, 1.165) is 17.3 Å². The standard InChI is InChI=1S/C15H18N4S2/c1-3-11(15-17-7-10-21-15)18-13(12-5-4-9-20-12)14-16-6-8-19(14)2/h4-11,13,18H,3H2,1-2H3. The molecule has 0 aliphatic rings. The van der Waals surface area contributed by atoms with Gasteiger partial charge in [-0.25, -0.2) is 9.97 Å². The minimum absolute atomic E-state index is 0.0962. The Kier molecular flexibility index (Phi) is 4.48. The number of hydrogen-bond acceptors (Lipinski definition) is 5. The Bertz CT molecular complexity index is 658. The Morgan fingerprint density at radius 1 is 1.24 bits per heavy atom. The number of aryl methyl sites for hydroxylation is 1. The van der Waals surface area contributed by atoms with Crippen molar-refractivity contribution in [1.82, 2.24) is 19.9 Å². The summed E-state index contributed by atoms with van der Waals surface area (Å²) in [5.41, 5.74) is 0. The van der Waals surface area contributed by atoms with Crippen LogP contribution in [-0.4, -0.2) is 14.5 Å². The fourth-order valence-electron chi connectivity index (χ4n) is 2.37. The van der Waals surface area contributed by atoms with E-state index >= 15 is 0 Å². The first-order valence-electron chi connectivity index (χ1n) is 6.95. The van der Waals surface area contributed by atoms with Gasteiger partial charge in [-0.2, -0.15) is 0 Å². The van der Waals surface area contributed by atoms with E-state index in [1.165, 1.54) is 4.88 Å². The Hall–Kier alpha value is -1.50. The van der Waals surface area contributed by atoms with Crippen LogP contribution < -0.4 is 5.32 Å². The van der Waals surface area contributed by atoms with E-state index in [9.17, 15) is 0 Å². The molecule has 3 aromatic rings. The number of nitrogens with zero attached hydrogens (tertiary/aromatic N) is 3. The number of imidazole rings is 1. The van der Waals surface area contributed by atoms with Crippen LogP contribution in [0.3, 0.4) is 0 Å². The zero-order chi connectivity index (χ0) is 14.7. The molecule has 3 rings (SSSR count). The van der Waals surface area contributed by atoms with Gasteiger partial charge >= 0.3 is 0 Å². The van der Waals surface area contributed by atoms with Gasteiger partial charge in [0.2, 0.25) is 0 Å². The van der Waals surface area contributed by atoms with Crippen molar-refractivity contribution in [2.75, 3.05) is 0 Å². The zero-order valence-corrected chi connectivity index (χ0v) is 13.7. The van der Waals surface area contributed by atoms with Gasteiger partial charge in [-0.3, -0.25) is 5.32 Å². The minimum Gasteiger partial charge on any atom is -0.336 e. The smallest absolute Gasteiger partial charge is 0.131 e. The van der Waals surface area contributed by atoms with Crippen LogP contribution in [0.2, 0.25) is 0 Å². The van der Waals surface area contributed by atoms with Crippen LogP contribution in [0.15, 0.2) is 41.5 Å². The van der Waals surface area contributed by atoms with Gasteiger partial charge in [0.25, 0.3) is 0 Å². The second-order valence-corrected chi connectivity index (χ2v) is 6.75. The molecule has 0 saturated carbocycles. The first-order valence-corrected chi connectivity index (χ1v) is 8.71. The van der Waals surface area contributed by atoms with Crippen LogP contribution >= 0.6 is 22.7 Å². The van der Waals surface area contributed by atoms with Gasteiger partial charge in [0, 0.05) is 35.9 Å². The number of hydrogen-bond donors (Lipinski definition) is 1. The topological polar surface area (TPSA) is 42.7 Å². The number of aromatic nitrogens is 3. The lowest BCUT2D eigenvalue weighted by molar-refractivity contribution is 0.456. The highest BCUT2D eigenvalue weighted by Crippen LogP contribution is 2.29. The van der Waals surface area contributed by atoms with Crippen LogP contribution in [0, 0.1) is 0 Å². The summed E-state index contributed by atoms with van der Waals surface area (Å²) in [7, 11) is 2.04. The quantitative estimate of drug-likeness (QED) is 0.752. The molecule has 1 N–H and O–H groups in total. The molecule has 110 valence electrons. The first kappa shape index (κ1) is 14.4. The van der Waals surface area contributed by atoms with Gasteiger partial charge in [-0.05, 0) is 17.9 Å². The molecule has 6 heteroatoms.